The van der Waals surface area contributed by atoms with E-state index in [-0.39, 0.29) is 126 Å². The summed E-state index contributed by atoms with van der Waals surface area (Å²) in [5.41, 5.74) is -8.51. The Bertz CT molecular complexity index is 11400. The van der Waals surface area contributed by atoms with E-state index >= 15 is 0 Å². The van der Waals surface area contributed by atoms with Crippen molar-refractivity contribution < 1.29 is 175 Å². The van der Waals surface area contributed by atoms with Crippen LogP contribution in [0.3, 0.4) is 0 Å². The lowest BCUT2D eigenvalue weighted by Gasteiger charge is -2.46. The van der Waals surface area contributed by atoms with Crippen molar-refractivity contribution >= 4 is 114 Å². The highest BCUT2D eigenvalue weighted by Crippen LogP contribution is 2.53. The van der Waals surface area contributed by atoms with Gasteiger partial charge in [-0.25, -0.2) is 0 Å². The number of H-pyrrole nitrogens is 5. The number of piperazine rings is 5. The van der Waals surface area contributed by atoms with Crippen LogP contribution in [-0.2, 0) is 79.8 Å². The van der Waals surface area contributed by atoms with Gasteiger partial charge in [0.05, 0.1) is 107 Å². The first-order valence-electron chi connectivity index (χ1n) is 72.1. The number of aromatic nitrogens is 5. The Balaban J connectivity index is 0.000000119. The molecule has 5 N–H and O–H groups in total. The van der Waals surface area contributed by atoms with E-state index in [1.165, 1.54) is 48.5 Å². The monoisotopic (exact) mass is 2000 g/mol. The molecule has 15 aromatic rings. The minimum Gasteiger partial charge on any atom is -0.454 e. The molecule has 10 aromatic carbocycles. The Kier molecular flexibility index (Phi) is 10.8. The van der Waals surface area contributed by atoms with Crippen molar-refractivity contribution in [3.8, 4) is 57.5 Å². The van der Waals surface area contributed by atoms with E-state index in [2.05, 4.69) is 24.9 Å². The van der Waals surface area contributed by atoms with Crippen LogP contribution in [0.4, 0.5) is 0 Å². The molecule has 5 aromatic heterocycles. The summed E-state index contributed by atoms with van der Waals surface area (Å²) in [5.74, 6) is -18.5. The van der Waals surface area contributed by atoms with Gasteiger partial charge in [0, 0.05) is 180 Å². The molecular weight excluding hydrogens is 1850 g/mol. The van der Waals surface area contributed by atoms with Crippen LogP contribution in [-0.4, -0.2) is 265 Å². The van der Waals surface area contributed by atoms with Gasteiger partial charge in [0.15, 0.2) is 57.5 Å². The summed E-state index contributed by atoms with van der Waals surface area (Å²) in [6.45, 7) is -27.7. The molecule has 5 saturated heterocycles. The molecule has 0 radical (unpaired) electrons. The van der Waals surface area contributed by atoms with Gasteiger partial charge in [0.1, 0.15) is 35.6 Å². The molecule has 10 atom stereocenters. The van der Waals surface area contributed by atoms with Gasteiger partial charge in [-0.05, 0) is 146 Å². The average molecular weight is 2010 g/mol. The molecule has 730 valence electrons. The van der Waals surface area contributed by atoms with E-state index in [1.807, 2.05) is 0 Å². The molecule has 15 aliphatic rings. The molecule has 0 spiro atoms. The maximum absolute atomic E-state index is 13.9. The van der Waals surface area contributed by atoms with Gasteiger partial charge in [0.25, 0.3) is 0 Å². The summed E-state index contributed by atoms with van der Waals surface area (Å²) in [5, 5.41) is -0.659. The number of nitrogens with one attached hydrogen (secondary N) is 5. The number of hydrogen-bond donors (Lipinski definition) is 5. The molecule has 30 rings (SSSR count). The van der Waals surface area contributed by atoms with Crippen molar-refractivity contribution in [2.45, 2.75) is 92.0 Å². The maximum Gasteiger partial charge on any atom is 0.245 e. The van der Waals surface area contributed by atoms with Gasteiger partial charge >= 0.3 is 0 Å². The predicted molar refractivity (Wildman–Crippen MR) is 523 cm³/mol. The Morgan fingerprint density at radius 2 is 0.572 bits per heavy atom. The first-order valence-corrected chi connectivity index (χ1v) is 43.1. The van der Waals surface area contributed by atoms with Crippen molar-refractivity contribution in [3.05, 3.63) is 296 Å². The van der Waals surface area contributed by atoms with Gasteiger partial charge in [-0.2, -0.15) is 0 Å². The number of benzene rings is 10. The minimum absolute atomic E-state index is 0.00888. The number of aromatic amines is 5. The second kappa shape index (κ2) is 33.9. The van der Waals surface area contributed by atoms with Crippen LogP contribution in [0.1, 0.15) is 194 Å². The Labute approximate surface area is 908 Å². The lowest BCUT2D eigenvalue weighted by Crippen LogP contribution is -2.62. The number of carbonyl (C=O) groups is 10. The molecule has 15 aliphatic heterocycles. The normalized spacial score (nSPS) is 36.8. The second-order valence-corrected chi connectivity index (χ2v) is 32.8. The van der Waals surface area contributed by atoms with Gasteiger partial charge in [-0.1, -0.05) is 121 Å². The summed E-state index contributed by atoms with van der Waals surface area (Å²) in [4.78, 5) is 153. The summed E-state index contributed by atoms with van der Waals surface area (Å²) in [6, 6.07) is -25.2. The van der Waals surface area contributed by atoms with Gasteiger partial charge in [-0.15, -0.1) is 0 Å². The highest BCUT2D eigenvalue weighted by Gasteiger charge is 2.55. The first-order chi connectivity index (χ1) is 93.5. The number of nitrogens with zero attached hydrogens (tertiary/aromatic N) is 10. The minimum atomic E-state index is -3.72. The summed E-state index contributed by atoms with van der Waals surface area (Å²) >= 11 is 0. The van der Waals surface area contributed by atoms with E-state index in [9.17, 15) is 61.7 Å². The summed E-state index contributed by atoms with van der Waals surface area (Å²) < 4.78 is 548. The number of rotatable bonds is 5. The fourth-order valence-electron chi connectivity index (χ4n) is 18.2. The first kappa shape index (κ1) is 46.1. The number of para-hydroxylation sites is 5. The number of fused-ring (bicyclic) bond motifs is 25. The molecule has 0 unspecified atom stereocenters. The van der Waals surface area contributed by atoms with Crippen LogP contribution in [0.15, 0.2) is 212 Å². The Morgan fingerprint density at radius 1 is 0.290 bits per heavy atom. The molecule has 0 bridgehead atoms. The largest absolute Gasteiger partial charge is 0.454 e. The van der Waals surface area contributed by atoms with Crippen molar-refractivity contribution in [1.82, 2.24) is 73.9 Å². The van der Waals surface area contributed by atoms with Crippen LogP contribution >= 0.6 is 0 Å². The SMILES string of the molecule is [2H]C1([2H])C(=O)N2[C@]([2H])(c3ccc4c(c3)OCO4)c3[nH]c4ccccc4c3C([2H])([2H])[C@]2([2H])C(=O)N1C.[2H]c1c([2H])c([C@]2([2H])c3[nH]c4c([2H])c([2H])c([2H])c([2H])c4c3C([2H])([2H])[C@]3([2H])C(=O)N(C([2H])([2H])[2H])CC(=O)N23)c([2H])c2c1OC([2H])([2H])O2.[2H]c1c([2H])c([C@]2([2H])c3[nH]c4c([2H])c([2H])c([2H])c([2H])c4c3C([2H])([2H])[C@]3([2H])C(=O)N(C([2H])([2H])[2H])CC(=O)N23)c([2H])c2c1OCO2.[2H]c1c([2H])c([C@]2([2H])c3[nH]c4ccccc4c3C([2H])([2H])[C@]3([2H])C(=O)N(C([2H])([2H])[2H])CC(=O)N23)c([2H])c2c1OC([2H])([2H])O2.[2H]c1c([2H])c([C@]2([2H])c3[nH]c4ccccc4c3C([2H])([2H])[C@]3([2H])C(=O)N(C([2H])([2H])[2H])CC(=O)N23)c([2H])c2c1OCO2. The topological polar surface area (TPSA) is 374 Å². The van der Waals surface area contributed by atoms with E-state index in [0.717, 1.165) is 7.05 Å². The highest BCUT2D eigenvalue weighted by molar-refractivity contribution is 6.03. The Hall–Kier alpha value is -17.4. The fourth-order valence-corrected chi connectivity index (χ4v) is 18.2. The van der Waals surface area contributed by atoms with Crippen molar-refractivity contribution in [2.75, 3.05) is 101 Å². The standard InChI is InChI=1S/5C22H19N3O4/c5*1-24-10-19(26)25-16(22(24)27)9-14-13-4-2-3-5-15(13)23-20(14)21(25)12-6-7-17-18(8-12)29-11-28-17/h5*2-8,16,21,23H,9-11H2,1H3/t5*16-,21-/m11111/s1/i1D3,2D,3D,4D,5D,6D,7D,8D,9D2,11D2,16D,21D;1D3,2D,3D,4D,5D,6D,7D,8D,9D2,16D,21D;1D3,6D,7D,8D,9D2,11D2,16D,21D;1D3,6D,7D,8D,9D2,16D,21D;9D2,10D2,16D,21D. The maximum atomic E-state index is 13.9. The molecule has 5 fully saturated rings. The smallest absolute Gasteiger partial charge is 0.245 e. The van der Waals surface area contributed by atoms with Crippen LogP contribution in [0.2, 0.25) is 0 Å². The van der Waals surface area contributed by atoms with Crippen molar-refractivity contribution in [3.63, 3.8) is 0 Å². The quantitative estimate of drug-likeness (QED) is 0.107. The molecular formula is C110H95N15O20. The number of hydrogen-bond acceptors (Lipinski definition) is 20. The highest BCUT2D eigenvalue weighted by atomic mass is 16.7. The molecule has 35 nitrogen and oxygen atoms in total. The molecule has 20 heterocycles. The lowest BCUT2D eigenvalue weighted by atomic mass is 9.86. The van der Waals surface area contributed by atoms with Crippen LogP contribution in [0.25, 0.3) is 54.5 Å². The number of carbonyl (C=O) groups excluding carboxylic acids is 10. The van der Waals surface area contributed by atoms with Crippen LogP contribution < -0.4 is 47.4 Å². The van der Waals surface area contributed by atoms with Crippen molar-refractivity contribution in [2.24, 2.45) is 0 Å². The van der Waals surface area contributed by atoms with Crippen LogP contribution in [0.5, 0.6) is 57.5 Å². The lowest BCUT2D eigenvalue weighted by molar-refractivity contribution is -0.157. The average Bonchev–Trinajstić information content (AvgIpc) is 1.58. The van der Waals surface area contributed by atoms with Gasteiger partial charge in [-0.3, -0.25) is 47.9 Å². The molecule has 0 saturated carbocycles. The van der Waals surface area contributed by atoms with Gasteiger partial charge < -0.3 is 121 Å². The molecule has 10 amide bonds. The number of likely N-dealkylation sites (N-methyl/N-ethyl adjacent to an activating group) is 5. The van der Waals surface area contributed by atoms with Crippen molar-refractivity contribution in [1.29, 1.82) is 0 Å². The van der Waals surface area contributed by atoms with E-state index in [1.54, 1.807) is 42.5 Å². The molecule has 35 heteroatoms. The van der Waals surface area contributed by atoms with Crippen LogP contribution in [0, 0.1) is 0 Å². The molecule has 145 heavy (non-hydrogen) atoms. The number of amides is 10. The Morgan fingerprint density at radius 3 is 0.938 bits per heavy atom. The van der Waals surface area contributed by atoms with E-state index in [4.69, 9.17) is 113 Å². The third kappa shape index (κ3) is 14.2. The second-order valence-electron chi connectivity index (χ2n) is 32.8. The third-order valence-electron chi connectivity index (χ3n) is 24.5. The third-order valence-corrected chi connectivity index (χ3v) is 24.5. The summed E-state index contributed by atoms with van der Waals surface area (Å²) in [6.07, 6.45) is -16.0. The zero-order valence-electron chi connectivity index (χ0n) is 131. The molecule has 0 aliphatic carbocycles. The summed E-state index contributed by atoms with van der Waals surface area (Å²) in [7, 11) is 1.01. The number of ether oxygens (including phenoxy) is 10. The van der Waals surface area contributed by atoms with E-state index in [0.29, 0.717) is 26.5 Å². The fraction of sp³-hybridized carbons (Fsp3) is 0.273. The predicted octanol–water partition coefficient (Wildman–Crippen LogP) is 11.1. The van der Waals surface area contributed by atoms with Gasteiger partial charge in [0.2, 0.25) is 92.9 Å². The zero-order valence-corrected chi connectivity index (χ0v) is 73.2. The zero-order chi connectivity index (χ0) is 149. The van der Waals surface area contributed by atoms with E-state index < -0.39 is 459 Å².